The van der Waals surface area contributed by atoms with Crippen molar-refractivity contribution in [2.75, 3.05) is 12.4 Å². The molecular weight excluding hydrogens is 523 g/mol. The second-order valence-corrected chi connectivity index (χ2v) is 8.08. The average Bonchev–Trinajstić information content (AvgIpc) is 2.83. The van der Waals surface area contributed by atoms with Crippen molar-refractivity contribution in [3.63, 3.8) is 0 Å². The summed E-state index contributed by atoms with van der Waals surface area (Å²) in [6.07, 6.45) is -3.47. The van der Waals surface area contributed by atoms with Crippen molar-refractivity contribution in [1.82, 2.24) is 0 Å². The molecule has 0 fully saturated rings. The number of rotatable bonds is 7. The maximum Gasteiger partial charge on any atom is 0.416 e. The minimum Gasteiger partial charge on any atom is -0.493 e. The molecule has 1 N–H and O–H groups in total. The lowest BCUT2D eigenvalue weighted by atomic mass is 10.1. The number of methoxy groups -OCH3 is 1. The van der Waals surface area contributed by atoms with Crippen molar-refractivity contribution in [1.29, 1.82) is 5.26 Å². The van der Waals surface area contributed by atoms with Crippen molar-refractivity contribution in [3.05, 3.63) is 92.7 Å². The van der Waals surface area contributed by atoms with Gasteiger partial charge in [-0.05, 0) is 59.7 Å². The van der Waals surface area contributed by atoms with Crippen LogP contribution in [0.1, 0.15) is 16.7 Å². The van der Waals surface area contributed by atoms with Crippen LogP contribution in [0.4, 0.5) is 23.2 Å². The normalized spacial score (nSPS) is 11.6. The van der Waals surface area contributed by atoms with E-state index >= 15 is 0 Å². The summed E-state index contributed by atoms with van der Waals surface area (Å²) in [6.45, 7) is 0.0646. The van der Waals surface area contributed by atoms with E-state index in [1.54, 1.807) is 18.2 Å². The van der Waals surface area contributed by atoms with Gasteiger partial charge in [0.2, 0.25) is 0 Å². The molecule has 1 amide bonds. The van der Waals surface area contributed by atoms with Crippen LogP contribution in [-0.4, -0.2) is 13.0 Å². The predicted octanol–water partition coefficient (Wildman–Crippen LogP) is 7.28. The summed E-state index contributed by atoms with van der Waals surface area (Å²) in [5, 5.41) is 11.6. The van der Waals surface area contributed by atoms with Crippen LogP contribution in [-0.2, 0) is 17.6 Å². The first-order chi connectivity index (χ1) is 17.0. The van der Waals surface area contributed by atoms with Gasteiger partial charge in [-0.15, -0.1) is 0 Å². The maximum atomic E-state index is 13.1. The number of hydrogen-bond donors (Lipinski definition) is 1. The minimum atomic E-state index is -4.65. The van der Waals surface area contributed by atoms with Gasteiger partial charge in [0.05, 0.1) is 28.4 Å². The molecule has 36 heavy (non-hydrogen) atoms. The fraction of sp³-hybridized carbons (Fsp3) is 0.120. The second-order valence-electron chi connectivity index (χ2n) is 7.27. The molecule has 0 aliphatic heterocycles. The lowest BCUT2D eigenvalue weighted by Gasteiger charge is -2.14. The van der Waals surface area contributed by atoms with Crippen LogP contribution in [0.3, 0.4) is 0 Å². The number of carbonyl (C=O) groups is 1. The molecule has 0 unspecified atom stereocenters. The Morgan fingerprint density at radius 3 is 2.39 bits per heavy atom. The van der Waals surface area contributed by atoms with Gasteiger partial charge in [-0.1, -0.05) is 35.3 Å². The fourth-order valence-corrected chi connectivity index (χ4v) is 3.44. The van der Waals surface area contributed by atoms with E-state index in [1.165, 1.54) is 37.5 Å². The van der Waals surface area contributed by atoms with E-state index in [0.717, 1.165) is 12.1 Å². The van der Waals surface area contributed by atoms with E-state index in [0.29, 0.717) is 11.6 Å². The number of anilines is 1. The first-order valence-corrected chi connectivity index (χ1v) is 10.8. The van der Waals surface area contributed by atoms with E-state index in [9.17, 15) is 27.6 Å². The second kappa shape index (κ2) is 11.3. The molecule has 0 heterocycles. The average molecular weight is 539 g/mol. The van der Waals surface area contributed by atoms with Crippen molar-refractivity contribution < 1.29 is 31.8 Å². The van der Waals surface area contributed by atoms with E-state index in [4.69, 9.17) is 32.7 Å². The Hall–Kier alpha value is -3.74. The number of halogens is 6. The highest BCUT2D eigenvalue weighted by atomic mass is 35.5. The Morgan fingerprint density at radius 2 is 1.78 bits per heavy atom. The van der Waals surface area contributed by atoms with Gasteiger partial charge in [0, 0.05) is 0 Å². The van der Waals surface area contributed by atoms with Crippen LogP contribution in [0.5, 0.6) is 11.5 Å². The van der Waals surface area contributed by atoms with Crippen molar-refractivity contribution in [3.8, 4) is 17.6 Å². The molecule has 5 nitrogen and oxygen atoms in total. The standard InChI is InChI=1S/C25H16Cl2F4N2O3/c1-35-22-10-15(9-20(27)23(22)36-13-14-2-5-18(28)6-3-14)8-16(12-32)24(34)33-21-11-17(25(29,30)31)4-7-19(21)26/h2-11H,13H2,1H3,(H,33,34)/b16-8-. The molecule has 3 rings (SSSR count). The molecule has 0 radical (unpaired) electrons. The molecule has 3 aromatic carbocycles. The van der Waals surface area contributed by atoms with Crippen LogP contribution in [0.15, 0.2) is 60.2 Å². The Morgan fingerprint density at radius 1 is 1.08 bits per heavy atom. The molecular formula is C25H16Cl2F4N2O3. The van der Waals surface area contributed by atoms with Crippen molar-refractivity contribution in [2.45, 2.75) is 12.8 Å². The molecule has 186 valence electrons. The van der Waals surface area contributed by atoms with Gasteiger partial charge in [0.25, 0.3) is 5.91 Å². The smallest absolute Gasteiger partial charge is 0.416 e. The number of nitriles is 1. The third kappa shape index (κ3) is 6.68. The number of ether oxygens (including phenoxy) is 2. The topological polar surface area (TPSA) is 71.3 Å². The van der Waals surface area contributed by atoms with Crippen molar-refractivity contribution >= 4 is 40.9 Å². The molecule has 3 aromatic rings. The first kappa shape index (κ1) is 26.9. The number of nitrogens with zero attached hydrogens (tertiary/aromatic N) is 1. The van der Waals surface area contributed by atoms with Crippen LogP contribution in [0, 0.1) is 17.1 Å². The van der Waals surface area contributed by atoms with Gasteiger partial charge in [-0.3, -0.25) is 4.79 Å². The Balaban J connectivity index is 1.84. The summed E-state index contributed by atoms with van der Waals surface area (Å²) >= 11 is 12.2. The summed E-state index contributed by atoms with van der Waals surface area (Å²) in [5.74, 6) is -1.00. The van der Waals surface area contributed by atoms with Crippen molar-refractivity contribution in [2.24, 2.45) is 0 Å². The highest BCUT2D eigenvalue weighted by Gasteiger charge is 2.31. The largest absolute Gasteiger partial charge is 0.493 e. The zero-order valence-electron chi connectivity index (χ0n) is 18.4. The van der Waals surface area contributed by atoms with Crippen LogP contribution >= 0.6 is 23.2 Å². The molecule has 0 aliphatic rings. The van der Waals surface area contributed by atoms with Gasteiger partial charge in [0.1, 0.15) is 24.1 Å². The quantitative estimate of drug-likeness (QED) is 0.195. The third-order valence-corrected chi connectivity index (χ3v) is 5.38. The van der Waals surface area contributed by atoms with Gasteiger partial charge in [-0.2, -0.15) is 18.4 Å². The van der Waals surface area contributed by atoms with Gasteiger partial charge >= 0.3 is 6.18 Å². The fourth-order valence-electron chi connectivity index (χ4n) is 3.00. The summed E-state index contributed by atoms with van der Waals surface area (Å²) in [6, 6.07) is 12.6. The number of carbonyl (C=O) groups excluding carboxylic acids is 1. The molecule has 0 saturated heterocycles. The van der Waals surface area contributed by atoms with Crippen LogP contribution in [0.25, 0.3) is 6.08 Å². The van der Waals surface area contributed by atoms with E-state index in [-0.39, 0.29) is 39.4 Å². The summed E-state index contributed by atoms with van der Waals surface area (Å²) in [4.78, 5) is 12.6. The lowest BCUT2D eigenvalue weighted by Crippen LogP contribution is -2.15. The molecule has 0 aromatic heterocycles. The zero-order valence-corrected chi connectivity index (χ0v) is 19.9. The Kier molecular flexibility index (Phi) is 8.45. The summed E-state index contributed by atoms with van der Waals surface area (Å²) in [7, 11) is 1.36. The molecule has 0 saturated carbocycles. The molecule has 0 spiro atoms. The van der Waals surface area contributed by atoms with Gasteiger partial charge < -0.3 is 14.8 Å². The Bertz CT molecular complexity index is 1350. The molecule has 0 aliphatic carbocycles. The molecule has 11 heteroatoms. The third-order valence-electron chi connectivity index (χ3n) is 4.77. The highest BCUT2D eigenvalue weighted by Crippen LogP contribution is 2.38. The summed E-state index contributed by atoms with van der Waals surface area (Å²) < 4.78 is 63.1. The monoisotopic (exact) mass is 538 g/mol. The van der Waals surface area contributed by atoms with E-state index in [1.807, 2.05) is 0 Å². The number of alkyl halides is 3. The SMILES string of the molecule is COc1cc(/C=C(/C#N)C(=O)Nc2cc(C(F)(F)F)ccc2Cl)cc(Cl)c1OCc1ccc(F)cc1. The highest BCUT2D eigenvalue weighted by molar-refractivity contribution is 6.34. The van der Waals surface area contributed by atoms with E-state index in [2.05, 4.69) is 5.32 Å². The maximum absolute atomic E-state index is 13.1. The number of nitrogens with one attached hydrogen (secondary N) is 1. The molecule has 0 atom stereocenters. The van der Waals surface area contributed by atoms with E-state index < -0.39 is 29.0 Å². The van der Waals surface area contributed by atoms with Gasteiger partial charge in [-0.25, -0.2) is 4.39 Å². The minimum absolute atomic E-state index is 0.0646. The zero-order chi connectivity index (χ0) is 26.5. The Labute approximate surface area is 213 Å². The van der Waals surface area contributed by atoms with Crippen LogP contribution < -0.4 is 14.8 Å². The lowest BCUT2D eigenvalue weighted by molar-refractivity contribution is -0.137. The van der Waals surface area contributed by atoms with Gasteiger partial charge in [0.15, 0.2) is 11.5 Å². The summed E-state index contributed by atoms with van der Waals surface area (Å²) in [5.41, 5.74) is -0.792. The number of hydrogen-bond acceptors (Lipinski definition) is 4. The number of benzene rings is 3. The predicted molar refractivity (Wildman–Crippen MR) is 127 cm³/mol. The molecule has 0 bridgehead atoms. The number of amides is 1. The van der Waals surface area contributed by atoms with Crippen LogP contribution in [0.2, 0.25) is 10.0 Å². The first-order valence-electron chi connectivity index (χ1n) is 10.1.